The number of aliphatic carboxylic acids is 1. The second kappa shape index (κ2) is 13.9. The molecule has 0 bridgehead atoms. The number of sulfonamides is 2. The summed E-state index contributed by atoms with van der Waals surface area (Å²) < 4.78 is 80.9. The Hall–Kier alpha value is -4.48. The predicted molar refractivity (Wildman–Crippen MR) is 149 cm³/mol. The van der Waals surface area contributed by atoms with Crippen LogP contribution >= 0.6 is 0 Å². The molecule has 42 heavy (non-hydrogen) atoms. The summed E-state index contributed by atoms with van der Waals surface area (Å²) in [6, 6.07) is 19.2. The van der Waals surface area contributed by atoms with Crippen molar-refractivity contribution in [3.05, 3.63) is 83.9 Å². The van der Waals surface area contributed by atoms with Gasteiger partial charge in [-0.3, -0.25) is 9.52 Å². The van der Waals surface area contributed by atoms with Crippen LogP contribution in [0.25, 0.3) is 11.1 Å². The van der Waals surface area contributed by atoms with Crippen LogP contribution in [0, 0.1) is 0 Å². The number of nitrogens with zero attached hydrogens (tertiary/aromatic N) is 1. The van der Waals surface area contributed by atoms with Gasteiger partial charge in [-0.1, -0.05) is 54.6 Å². The van der Waals surface area contributed by atoms with E-state index >= 15 is 0 Å². The van der Waals surface area contributed by atoms with Crippen LogP contribution in [0.5, 0.6) is 0 Å². The maximum atomic E-state index is 12.7. The second-order valence-corrected chi connectivity index (χ2v) is 11.9. The maximum absolute atomic E-state index is 12.7. The lowest BCUT2D eigenvalue weighted by atomic mass is 10.0. The molecule has 3 rings (SSSR count). The van der Waals surface area contributed by atoms with Gasteiger partial charge >= 0.3 is 12.1 Å². The van der Waals surface area contributed by atoms with Gasteiger partial charge in [-0.25, -0.2) is 26.8 Å². The van der Waals surface area contributed by atoms with Crippen LogP contribution in [0.15, 0.2) is 82.8 Å². The number of rotatable bonds is 9. The molecule has 0 spiro atoms. The van der Waals surface area contributed by atoms with Gasteiger partial charge in [-0.05, 0) is 34.9 Å². The van der Waals surface area contributed by atoms with Crippen molar-refractivity contribution in [2.24, 2.45) is 16.1 Å². The van der Waals surface area contributed by atoms with Gasteiger partial charge in [0.05, 0.1) is 17.4 Å². The van der Waals surface area contributed by atoms with E-state index in [2.05, 4.69) is 10.4 Å². The van der Waals surface area contributed by atoms with Crippen molar-refractivity contribution < 1.29 is 44.7 Å². The van der Waals surface area contributed by atoms with E-state index in [4.69, 9.17) is 20.9 Å². The Labute approximate surface area is 239 Å². The van der Waals surface area contributed by atoms with Crippen molar-refractivity contribution >= 4 is 43.8 Å². The third kappa shape index (κ3) is 10.8. The molecule has 0 aliphatic carbocycles. The first-order valence-electron chi connectivity index (χ1n) is 11.5. The van der Waals surface area contributed by atoms with Crippen LogP contribution in [-0.2, 0) is 36.1 Å². The van der Waals surface area contributed by atoms with Crippen molar-refractivity contribution in [2.75, 3.05) is 11.6 Å². The molecule has 1 amide bonds. The fourth-order valence-electron chi connectivity index (χ4n) is 3.49. The molecule has 0 radical (unpaired) electrons. The molecule has 0 unspecified atom stereocenters. The van der Waals surface area contributed by atoms with Gasteiger partial charge < -0.3 is 16.3 Å². The normalized spacial score (nSPS) is 12.6. The monoisotopic (exact) mass is 629 g/mol. The number of carboxylic acid groups (broad SMARTS) is 1. The number of nitrogens with two attached hydrogens (primary N) is 2. The Balaban J connectivity index is 0.000000782. The molecule has 0 fully saturated rings. The predicted octanol–water partition coefficient (Wildman–Crippen LogP) is 2.03. The first-order valence-corrected chi connectivity index (χ1v) is 15.0. The van der Waals surface area contributed by atoms with E-state index in [9.17, 15) is 34.8 Å². The number of carbonyl (C=O) groups excluding carboxylic acids is 1. The van der Waals surface area contributed by atoms with Gasteiger partial charge in [0.15, 0.2) is 0 Å². The van der Waals surface area contributed by atoms with Gasteiger partial charge in [0, 0.05) is 17.7 Å². The summed E-state index contributed by atoms with van der Waals surface area (Å²) >= 11 is 0. The summed E-state index contributed by atoms with van der Waals surface area (Å²) in [5, 5.41) is 19.0. The van der Waals surface area contributed by atoms with Gasteiger partial charge in [-0.2, -0.15) is 18.3 Å². The molecule has 0 saturated carbocycles. The van der Waals surface area contributed by atoms with Crippen LogP contribution in [0.2, 0.25) is 0 Å². The van der Waals surface area contributed by atoms with E-state index in [0.29, 0.717) is 16.8 Å². The summed E-state index contributed by atoms with van der Waals surface area (Å²) in [5.74, 6) is 1.72. The number of hydrazone groups is 1. The highest BCUT2D eigenvalue weighted by Crippen LogP contribution is 2.28. The minimum atomic E-state index is -5.08. The first-order chi connectivity index (χ1) is 19.4. The molecule has 0 aliphatic heterocycles. The van der Waals surface area contributed by atoms with Crippen LogP contribution in [0.4, 0.5) is 18.9 Å². The molecule has 0 saturated heterocycles. The number of hydrogen-bond donors (Lipinski definition) is 5. The summed E-state index contributed by atoms with van der Waals surface area (Å²) in [5.41, 5.74) is 3.04. The Morgan fingerprint density at radius 1 is 1.00 bits per heavy atom. The van der Waals surface area contributed by atoms with Gasteiger partial charge in [0.1, 0.15) is 6.04 Å². The van der Waals surface area contributed by atoms with Crippen molar-refractivity contribution in [3.8, 4) is 11.1 Å². The number of carbonyl (C=O) groups is 2. The van der Waals surface area contributed by atoms with E-state index in [1.165, 1.54) is 12.3 Å². The SMILES string of the molecule is CS(=O)(=O)NC(=O)[C@H](Cc1cccc(C=NN)c1)Nc1ccc(-c2ccccc2S(N)(=O)=O)cc1.O=C(O)C(F)(F)F. The molecule has 0 aromatic heterocycles. The maximum Gasteiger partial charge on any atom is 0.490 e. The van der Waals surface area contributed by atoms with Crippen molar-refractivity contribution in [1.29, 1.82) is 0 Å². The van der Waals surface area contributed by atoms with E-state index < -0.39 is 44.1 Å². The fourth-order valence-corrected chi connectivity index (χ4v) is 4.75. The molecule has 0 heterocycles. The average molecular weight is 630 g/mol. The Morgan fingerprint density at radius 2 is 1.60 bits per heavy atom. The molecule has 1 atom stereocenters. The summed E-state index contributed by atoms with van der Waals surface area (Å²) in [6.07, 6.45) is -2.55. The lowest BCUT2D eigenvalue weighted by molar-refractivity contribution is -0.192. The number of anilines is 1. The number of amides is 1. The largest absolute Gasteiger partial charge is 0.490 e. The number of benzene rings is 3. The van der Waals surface area contributed by atoms with Crippen molar-refractivity contribution in [2.45, 2.75) is 23.5 Å². The molecule has 0 aliphatic rings. The minimum Gasteiger partial charge on any atom is -0.475 e. The molecular weight excluding hydrogens is 603 g/mol. The molecular formula is C25H26F3N5O7S2. The smallest absolute Gasteiger partial charge is 0.475 e. The third-order valence-electron chi connectivity index (χ3n) is 5.19. The van der Waals surface area contributed by atoms with Crippen LogP contribution in [0.3, 0.4) is 0 Å². The molecule has 7 N–H and O–H groups in total. The molecule has 226 valence electrons. The molecule has 12 nitrogen and oxygen atoms in total. The van der Waals surface area contributed by atoms with Crippen LogP contribution in [0.1, 0.15) is 11.1 Å². The zero-order valence-corrected chi connectivity index (χ0v) is 23.4. The highest BCUT2D eigenvalue weighted by Gasteiger charge is 2.38. The van der Waals surface area contributed by atoms with Crippen LogP contribution < -0.4 is 21.0 Å². The van der Waals surface area contributed by atoms with Crippen molar-refractivity contribution in [1.82, 2.24) is 4.72 Å². The Kier molecular flexibility index (Phi) is 11.2. The number of primary sulfonamides is 1. The standard InChI is InChI=1S/C23H25N5O5S2.C2HF3O2/c1-34(30,31)28-23(29)21(14-16-5-4-6-17(13-16)15-26-24)27-19-11-9-18(10-12-19)20-7-2-3-8-22(20)35(25,32)33;3-2(4,5)1(6)7/h2-13,15,21,27H,14,24H2,1H3,(H,28,29)(H2,25,32,33);(H,6,7)/t21-;/m0./s1. The topological polar surface area (TPSA) is 211 Å². The van der Waals surface area contributed by atoms with Crippen LogP contribution in [-0.4, -0.2) is 58.5 Å². The summed E-state index contributed by atoms with van der Waals surface area (Å²) in [4.78, 5) is 21.6. The zero-order chi connectivity index (χ0) is 31.7. The lowest BCUT2D eigenvalue weighted by Crippen LogP contribution is -2.43. The number of nitrogens with one attached hydrogen (secondary N) is 2. The van der Waals surface area contributed by atoms with Gasteiger partial charge in [0.2, 0.25) is 20.0 Å². The Morgan fingerprint density at radius 3 is 2.12 bits per heavy atom. The first kappa shape index (κ1) is 33.7. The second-order valence-electron chi connectivity index (χ2n) is 8.58. The highest BCUT2D eigenvalue weighted by molar-refractivity contribution is 7.89. The van der Waals surface area contributed by atoms with E-state index in [0.717, 1.165) is 17.4 Å². The quantitative estimate of drug-likeness (QED) is 0.133. The van der Waals surface area contributed by atoms with Gasteiger partial charge in [0.25, 0.3) is 5.91 Å². The molecule has 17 heteroatoms. The number of halogens is 3. The average Bonchev–Trinajstić information content (AvgIpc) is 2.87. The molecule has 3 aromatic rings. The number of alkyl halides is 3. The molecule has 3 aromatic carbocycles. The zero-order valence-electron chi connectivity index (χ0n) is 21.7. The summed E-state index contributed by atoms with van der Waals surface area (Å²) in [7, 11) is -7.70. The van der Waals surface area contributed by atoms with Gasteiger partial charge in [-0.15, -0.1) is 0 Å². The Bertz CT molecular complexity index is 1660. The van der Waals surface area contributed by atoms with E-state index in [1.54, 1.807) is 66.7 Å². The number of carboxylic acids is 1. The minimum absolute atomic E-state index is 0.00739. The highest BCUT2D eigenvalue weighted by atomic mass is 32.2. The van der Waals surface area contributed by atoms with E-state index in [-0.39, 0.29) is 11.3 Å². The van der Waals surface area contributed by atoms with Crippen molar-refractivity contribution in [3.63, 3.8) is 0 Å². The fraction of sp³-hybridized carbons (Fsp3) is 0.160. The summed E-state index contributed by atoms with van der Waals surface area (Å²) in [6.45, 7) is 0. The van der Waals surface area contributed by atoms with E-state index in [1.807, 2.05) is 4.72 Å². The number of hydrogen-bond acceptors (Lipinski definition) is 9. The lowest BCUT2D eigenvalue weighted by Gasteiger charge is -2.20. The third-order valence-corrected chi connectivity index (χ3v) is 6.73.